The molecule has 25 heavy (non-hydrogen) atoms. The Balaban J connectivity index is 1.63. The molecule has 128 valence electrons. The van der Waals surface area contributed by atoms with Crippen LogP contribution in [0.15, 0.2) is 42.9 Å². The van der Waals surface area contributed by atoms with E-state index in [1.807, 2.05) is 6.07 Å². The molecule has 3 heterocycles. The fourth-order valence-electron chi connectivity index (χ4n) is 2.81. The number of nitrogens with one attached hydrogen (secondary N) is 1. The summed E-state index contributed by atoms with van der Waals surface area (Å²) in [5.74, 6) is 0.0749. The van der Waals surface area contributed by atoms with Crippen molar-refractivity contribution >= 4 is 22.8 Å². The van der Waals surface area contributed by atoms with Crippen LogP contribution in [0.2, 0.25) is 0 Å². The Morgan fingerprint density at radius 3 is 3.00 bits per heavy atom. The molecule has 0 spiro atoms. The van der Waals surface area contributed by atoms with E-state index in [-0.39, 0.29) is 12.8 Å². The molecule has 3 atom stereocenters. The Hall–Kier alpha value is -2.84. The maximum atomic E-state index is 12.4. The smallest absolute Gasteiger partial charge is 0.256 e. The number of hydrogen-bond donors (Lipinski definition) is 2. The van der Waals surface area contributed by atoms with E-state index in [9.17, 15) is 9.90 Å². The molecular formula is C17H17N5O3. The highest BCUT2D eigenvalue weighted by atomic mass is 16.5. The predicted molar refractivity (Wildman–Crippen MR) is 89.9 cm³/mol. The highest BCUT2D eigenvalue weighted by molar-refractivity contribution is 6.07. The number of amides is 1. The van der Waals surface area contributed by atoms with Crippen LogP contribution in [0.25, 0.3) is 11.0 Å². The molecule has 3 aromatic rings. The summed E-state index contributed by atoms with van der Waals surface area (Å²) < 4.78 is 14.6. The van der Waals surface area contributed by atoms with Gasteiger partial charge in [0.1, 0.15) is 12.1 Å². The van der Waals surface area contributed by atoms with Gasteiger partial charge in [-0.05, 0) is 19.0 Å². The normalized spacial score (nSPS) is 23.6. The molecule has 1 unspecified atom stereocenters. The second-order valence-electron chi connectivity index (χ2n) is 5.80. The highest BCUT2D eigenvalue weighted by Gasteiger charge is 2.33. The van der Waals surface area contributed by atoms with Crippen molar-refractivity contribution in [2.45, 2.75) is 31.8 Å². The lowest BCUT2D eigenvalue weighted by Gasteiger charge is -2.12. The fraction of sp³-hybridized carbons (Fsp3) is 0.294. The Kier molecular flexibility index (Phi) is 3.61. The molecule has 0 aliphatic carbocycles. The zero-order valence-electron chi connectivity index (χ0n) is 14.2. The number of aliphatic hydroxyl groups excluding tert-OH is 1. The van der Waals surface area contributed by atoms with Crippen LogP contribution in [0, 0.1) is 0 Å². The van der Waals surface area contributed by atoms with Crippen LogP contribution in [0.3, 0.4) is 0 Å². The minimum atomic E-state index is -0.712. The first-order chi connectivity index (χ1) is 12.7. The number of aromatic nitrogens is 4. The molecule has 8 heteroatoms. The molecule has 0 radical (unpaired) electrons. The monoisotopic (exact) mass is 340 g/mol. The van der Waals surface area contributed by atoms with Gasteiger partial charge in [-0.1, -0.05) is 18.2 Å². The summed E-state index contributed by atoms with van der Waals surface area (Å²) in [5, 5.41) is 17.6. The van der Waals surface area contributed by atoms with E-state index in [1.165, 1.54) is 6.33 Å². The summed E-state index contributed by atoms with van der Waals surface area (Å²) in [6, 6.07) is 8.84. The number of carbonyl (C=O) groups is 1. The molecule has 1 fully saturated rings. The van der Waals surface area contributed by atoms with Gasteiger partial charge in [-0.2, -0.15) is 5.10 Å². The largest absolute Gasteiger partial charge is 0.390 e. The van der Waals surface area contributed by atoms with E-state index in [0.717, 1.165) is 0 Å². The first-order valence-corrected chi connectivity index (χ1v) is 7.84. The van der Waals surface area contributed by atoms with Gasteiger partial charge in [0.15, 0.2) is 11.9 Å². The summed E-state index contributed by atoms with van der Waals surface area (Å²) in [7, 11) is 0. The molecule has 1 amide bonds. The van der Waals surface area contributed by atoms with Crippen LogP contribution in [0.4, 0.5) is 5.82 Å². The number of benzene rings is 1. The van der Waals surface area contributed by atoms with Crippen LogP contribution >= 0.6 is 0 Å². The van der Waals surface area contributed by atoms with Crippen LogP contribution in [-0.2, 0) is 4.74 Å². The van der Waals surface area contributed by atoms with Gasteiger partial charge in [-0.25, -0.2) is 14.6 Å². The van der Waals surface area contributed by atoms with Gasteiger partial charge in [0.25, 0.3) is 5.91 Å². The fourth-order valence-corrected chi connectivity index (χ4v) is 2.81. The average Bonchev–Trinajstić information content (AvgIpc) is 3.26. The maximum Gasteiger partial charge on any atom is 0.256 e. The lowest BCUT2D eigenvalue weighted by Crippen LogP contribution is -2.15. The van der Waals surface area contributed by atoms with Crippen LogP contribution in [0.1, 0.15) is 31.3 Å². The van der Waals surface area contributed by atoms with Gasteiger partial charge in [-0.15, -0.1) is 0 Å². The second-order valence-corrected chi connectivity index (χ2v) is 5.80. The number of rotatable bonds is 3. The number of aliphatic hydroxyl groups is 1. The Morgan fingerprint density at radius 2 is 2.24 bits per heavy atom. The number of nitrogens with zero attached hydrogens (tertiary/aromatic N) is 4. The van der Waals surface area contributed by atoms with Crippen molar-refractivity contribution in [1.29, 1.82) is 0 Å². The SMILES string of the molecule is [2H]C[C@H]1O[C@@H](n2ncc3c(NC(=O)c4ccccc4)ncnc32)CC1O. The maximum absolute atomic E-state index is 12.4. The third-order valence-electron chi connectivity index (χ3n) is 4.14. The van der Waals surface area contributed by atoms with E-state index >= 15 is 0 Å². The van der Waals surface area contributed by atoms with Gasteiger partial charge in [0.2, 0.25) is 0 Å². The number of anilines is 1. The lowest BCUT2D eigenvalue weighted by atomic mass is 10.2. The van der Waals surface area contributed by atoms with Crippen molar-refractivity contribution < 1.29 is 16.0 Å². The van der Waals surface area contributed by atoms with E-state index < -0.39 is 18.4 Å². The van der Waals surface area contributed by atoms with Crippen LogP contribution in [0.5, 0.6) is 0 Å². The number of fused-ring (bicyclic) bond motifs is 1. The average molecular weight is 340 g/mol. The highest BCUT2D eigenvalue weighted by Crippen LogP contribution is 2.31. The topological polar surface area (TPSA) is 102 Å². The lowest BCUT2D eigenvalue weighted by molar-refractivity contribution is -0.0117. The molecular weight excluding hydrogens is 322 g/mol. The van der Waals surface area contributed by atoms with Gasteiger partial charge in [0.05, 0.1) is 23.8 Å². The van der Waals surface area contributed by atoms with Crippen molar-refractivity contribution in [1.82, 2.24) is 19.7 Å². The van der Waals surface area contributed by atoms with E-state index in [4.69, 9.17) is 6.11 Å². The second kappa shape index (κ2) is 6.23. The van der Waals surface area contributed by atoms with Gasteiger partial charge in [-0.3, -0.25) is 4.79 Å². The zero-order chi connectivity index (χ0) is 18.1. The summed E-state index contributed by atoms with van der Waals surface area (Å²) in [4.78, 5) is 20.7. The summed E-state index contributed by atoms with van der Waals surface area (Å²) in [5.41, 5.74) is 1.01. The zero-order valence-corrected chi connectivity index (χ0v) is 13.2. The summed E-state index contributed by atoms with van der Waals surface area (Å²) in [6.45, 7) is -0.0236. The predicted octanol–water partition coefficient (Wildman–Crippen LogP) is 1.75. The van der Waals surface area contributed by atoms with Gasteiger partial charge >= 0.3 is 0 Å². The Labute approximate surface area is 144 Å². The van der Waals surface area contributed by atoms with Crippen molar-refractivity contribution in [2.75, 3.05) is 5.32 Å². The Bertz CT molecular complexity index is 933. The van der Waals surface area contributed by atoms with Crippen molar-refractivity contribution in [2.24, 2.45) is 0 Å². The molecule has 2 N–H and O–H groups in total. The van der Waals surface area contributed by atoms with Gasteiger partial charge in [0, 0.05) is 13.4 Å². The number of carbonyl (C=O) groups excluding carboxylic acids is 1. The minimum Gasteiger partial charge on any atom is -0.390 e. The molecule has 0 saturated carbocycles. The molecule has 1 saturated heterocycles. The first kappa shape index (κ1) is 14.5. The number of hydrogen-bond acceptors (Lipinski definition) is 6. The van der Waals surface area contributed by atoms with E-state index in [1.54, 1.807) is 35.1 Å². The molecule has 8 nitrogen and oxygen atoms in total. The Morgan fingerprint density at radius 1 is 1.40 bits per heavy atom. The third-order valence-corrected chi connectivity index (χ3v) is 4.14. The number of ether oxygens (including phenoxy) is 1. The van der Waals surface area contributed by atoms with Crippen LogP contribution < -0.4 is 5.32 Å². The molecule has 1 aliphatic rings. The standard InChI is InChI=1S/C17H17N5O3/c1-10-13(23)7-14(25-10)22-16-12(8-20-22)15(18-9-19-16)21-17(24)11-5-3-2-4-6-11/h2-6,8-10,13-14,23H,7H2,1H3,(H,18,19,21,24)/t10-,13?,14-/m1/s1/i1D. The van der Waals surface area contributed by atoms with E-state index in [2.05, 4.69) is 20.4 Å². The molecule has 4 rings (SSSR count). The molecule has 2 aromatic heterocycles. The van der Waals surface area contributed by atoms with E-state index in [0.29, 0.717) is 28.8 Å². The van der Waals surface area contributed by atoms with Crippen molar-refractivity contribution in [3.63, 3.8) is 0 Å². The molecule has 1 aliphatic heterocycles. The minimum absolute atomic E-state index is 0.0236. The first-order valence-electron chi connectivity index (χ1n) is 8.55. The third kappa shape index (κ3) is 2.86. The summed E-state index contributed by atoms with van der Waals surface area (Å²) in [6.07, 6.45) is 1.46. The summed E-state index contributed by atoms with van der Waals surface area (Å²) >= 11 is 0. The van der Waals surface area contributed by atoms with Crippen molar-refractivity contribution in [3.05, 3.63) is 48.4 Å². The quantitative estimate of drug-likeness (QED) is 0.753. The van der Waals surface area contributed by atoms with Gasteiger partial charge < -0.3 is 15.2 Å². The van der Waals surface area contributed by atoms with Crippen molar-refractivity contribution in [3.8, 4) is 0 Å². The molecule has 1 aromatic carbocycles. The molecule has 0 bridgehead atoms. The van der Waals surface area contributed by atoms with Crippen LogP contribution in [-0.4, -0.2) is 43.0 Å².